The molecule has 1 aliphatic carbocycles. The Hall–Kier alpha value is -2.37. The molecule has 0 saturated carbocycles. The first kappa shape index (κ1) is 12.7. The molecule has 0 saturated heterocycles. The third-order valence-corrected chi connectivity index (χ3v) is 3.51. The van der Waals surface area contributed by atoms with Crippen molar-refractivity contribution in [2.45, 2.75) is 32.2 Å². The molecule has 0 spiro atoms. The van der Waals surface area contributed by atoms with Crippen LogP contribution in [0.1, 0.15) is 23.4 Å². The average molecular weight is 271 g/mol. The van der Waals surface area contributed by atoms with E-state index in [1.54, 1.807) is 12.3 Å². The van der Waals surface area contributed by atoms with Crippen LogP contribution >= 0.6 is 0 Å². The predicted molar refractivity (Wildman–Crippen MR) is 75.5 cm³/mol. The first-order valence-electron chi connectivity index (χ1n) is 6.72. The van der Waals surface area contributed by atoms with Crippen LogP contribution in [0.4, 0.5) is 10.5 Å². The lowest BCUT2D eigenvalue weighted by Gasteiger charge is -2.23. The zero-order valence-electron chi connectivity index (χ0n) is 11.3. The van der Waals surface area contributed by atoms with Gasteiger partial charge in [0, 0.05) is 29.3 Å². The zero-order valence-corrected chi connectivity index (χ0v) is 11.3. The number of amides is 2. The molecule has 6 nitrogen and oxygen atoms in total. The van der Waals surface area contributed by atoms with Crippen molar-refractivity contribution in [2.24, 2.45) is 0 Å². The normalized spacial score (nSPS) is 17.4. The number of hydrogen-bond acceptors (Lipinski definition) is 3. The fraction of sp³-hybridized carbons (Fsp3) is 0.357. The van der Waals surface area contributed by atoms with Gasteiger partial charge in [-0.05, 0) is 43.9 Å². The van der Waals surface area contributed by atoms with E-state index in [4.69, 9.17) is 0 Å². The lowest BCUT2D eigenvalue weighted by molar-refractivity contribution is 0.247. The van der Waals surface area contributed by atoms with Crippen molar-refractivity contribution in [3.05, 3.63) is 41.5 Å². The summed E-state index contributed by atoms with van der Waals surface area (Å²) in [6.45, 7) is 1.89. The van der Waals surface area contributed by atoms with E-state index in [2.05, 4.69) is 25.8 Å². The van der Waals surface area contributed by atoms with Gasteiger partial charge in [0.25, 0.3) is 0 Å². The number of hydrogen-bond donors (Lipinski definition) is 3. The molecule has 0 bridgehead atoms. The Bertz CT molecular complexity index is 622. The van der Waals surface area contributed by atoms with Crippen LogP contribution in [0, 0.1) is 6.92 Å². The van der Waals surface area contributed by atoms with Crippen LogP contribution in [0.15, 0.2) is 24.5 Å². The van der Waals surface area contributed by atoms with E-state index in [1.165, 1.54) is 11.3 Å². The van der Waals surface area contributed by atoms with Crippen LogP contribution in [0.25, 0.3) is 0 Å². The number of urea groups is 1. The highest BCUT2D eigenvalue weighted by atomic mass is 16.2. The lowest BCUT2D eigenvalue weighted by Crippen LogP contribution is -2.41. The van der Waals surface area contributed by atoms with Gasteiger partial charge < -0.3 is 10.6 Å². The molecule has 2 amide bonds. The average Bonchev–Trinajstić information content (AvgIpc) is 2.86. The first-order chi connectivity index (χ1) is 9.70. The van der Waals surface area contributed by atoms with Crippen LogP contribution < -0.4 is 10.6 Å². The Labute approximate surface area is 117 Å². The molecular formula is C14H17N5O. The van der Waals surface area contributed by atoms with Gasteiger partial charge in [-0.2, -0.15) is 5.10 Å². The lowest BCUT2D eigenvalue weighted by atomic mass is 9.94. The molecule has 20 heavy (non-hydrogen) atoms. The maximum absolute atomic E-state index is 12.0. The molecule has 0 aromatic carbocycles. The summed E-state index contributed by atoms with van der Waals surface area (Å²) in [7, 11) is 0. The molecule has 3 N–H and O–H groups in total. The smallest absolute Gasteiger partial charge is 0.319 e. The molecule has 0 fully saturated rings. The van der Waals surface area contributed by atoms with Crippen molar-refractivity contribution < 1.29 is 4.79 Å². The number of carbonyl (C=O) groups is 1. The second-order valence-corrected chi connectivity index (χ2v) is 5.10. The van der Waals surface area contributed by atoms with Gasteiger partial charge in [0.15, 0.2) is 0 Å². The van der Waals surface area contributed by atoms with E-state index in [9.17, 15) is 4.79 Å². The molecule has 2 heterocycles. The Morgan fingerprint density at radius 3 is 3.25 bits per heavy atom. The van der Waals surface area contributed by atoms with Crippen LogP contribution in [-0.4, -0.2) is 27.3 Å². The highest BCUT2D eigenvalue weighted by Crippen LogP contribution is 2.18. The molecule has 0 unspecified atom stereocenters. The number of aromatic nitrogens is 3. The Morgan fingerprint density at radius 2 is 2.40 bits per heavy atom. The zero-order chi connectivity index (χ0) is 13.9. The fourth-order valence-electron chi connectivity index (χ4n) is 2.52. The quantitative estimate of drug-likeness (QED) is 0.778. The molecule has 6 heteroatoms. The molecule has 2 aromatic rings. The van der Waals surface area contributed by atoms with Crippen molar-refractivity contribution in [3.63, 3.8) is 0 Å². The summed E-state index contributed by atoms with van der Waals surface area (Å²) in [5.41, 5.74) is 4.02. The Balaban J connectivity index is 1.57. The van der Waals surface area contributed by atoms with E-state index < -0.39 is 0 Å². The van der Waals surface area contributed by atoms with Gasteiger partial charge in [-0.15, -0.1) is 0 Å². The van der Waals surface area contributed by atoms with Gasteiger partial charge in [-0.3, -0.25) is 10.1 Å². The van der Waals surface area contributed by atoms with Crippen molar-refractivity contribution in [2.75, 3.05) is 5.32 Å². The number of rotatable bonds is 2. The van der Waals surface area contributed by atoms with E-state index >= 15 is 0 Å². The number of nitrogens with zero attached hydrogens (tertiary/aromatic N) is 2. The van der Waals surface area contributed by atoms with Gasteiger partial charge >= 0.3 is 6.03 Å². The van der Waals surface area contributed by atoms with E-state index in [0.717, 1.165) is 30.6 Å². The number of anilines is 1. The Morgan fingerprint density at radius 1 is 1.50 bits per heavy atom. The minimum atomic E-state index is -0.174. The summed E-state index contributed by atoms with van der Waals surface area (Å²) in [5.74, 6) is 0. The molecule has 1 aliphatic rings. The highest BCUT2D eigenvalue weighted by Gasteiger charge is 2.21. The van der Waals surface area contributed by atoms with Crippen LogP contribution in [-0.2, 0) is 12.8 Å². The molecule has 3 rings (SSSR count). The third kappa shape index (κ3) is 2.79. The summed E-state index contributed by atoms with van der Waals surface area (Å²) in [5, 5.41) is 12.9. The summed E-state index contributed by atoms with van der Waals surface area (Å²) < 4.78 is 0. The van der Waals surface area contributed by atoms with E-state index in [0.29, 0.717) is 0 Å². The minimum absolute atomic E-state index is 0.156. The summed E-state index contributed by atoms with van der Waals surface area (Å²) >= 11 is 0. The van der Waals surface area contributed by atoms with Gasteiger partial charge in [0.05, 0.1) is 6.20 Å². The molecule has 0 radical (unpaired) electrons. The molecule has 0 aliphatic heterocycles. The van der Waals surface area contributed by atoms with E-state index in [-0.39, 0.29) is 12.1 Å². The monoisotopic (exact) mass is 271 g/mol. The van der Waals surface area contributed by atoms with Gasteiger partial charge in [-0.1, -0.05) is 0 Å². The maximum Gasteiger partial charge on any atom is 0.319 e. The van der Waals surface area contributed by atoms with Gasteiger partial charge in [-0.25, -0.2) is 4.79 Å². The SMILES string of the molecule is Cc1cc(NC(=O)N[C@@H]2CCc3[nH]ncc3C2)ccn1. The second-order valence-electron chi connectivity index (χ2n) is 5.10. The number of aromatic amines is 1. The van der Waals surface area contributed by atoms with Crippen molar-refractivity contribution in [1.29, 1.82) is 0 Å². The second kappa shape index (κ2) is 5.32. The van der Waals surface area contributed by atoms with E-state index in [1.807, 2.05) is 19.2 Å². The van der Waals surface area contributed by atoms with Crippen LogP contribution in [0.5, 0.6) is 0 Å². The number of fused-ring (bicyclic) bond motifs is 1. The third-order valence-electron chi connectivity index (χ3n) is 3.51. The first-order valence-corrected chi connectivity index (χ1v) is 6.72. The standard InChI is InChI=1S/C14H17N5O/c1-9-6-12(4-5-15-9)18-14(20)17-11-2-3-13-10(7-11)8-16-19-13/h4-6,8,11H,2-3,7H2,1H3,(H,16,19)(H2,15,17,18,20)/t11-/m1/s1. The highest BCUT2D eigenvalue weighted by molar-refractivity contribution is 5.89. The predicted octanol–water partition coefficient (Wildman–Crippen LogP) is 1.79. The Kier molecular flexibility index (Phi) is 3.37. The topological polar surface area (TPSA) is 82.7 Å². The molecule has 1 atom stereocenters. The van der Waals surface area contributed by atoms with Gasteiger partial charge in [0.2, 0.25) is 0 Å². The van der Waals surface area contributed by atoms with Crippen molar-refractivity contribution in [3.8, 4) is 0 Å². The van der Waals surface area contributed by atoms with Crippen LogP contribution in [0.3, 0.4) is 0 Å². The number of H-pyrrole nitrogens is 1. The van der Waals surface area contributed by atoms with Gasteiger partial charge in [0.1, 0.15) is 0 Å². The summed E-state index contributed by atoms with van der Waals surface area (Å²) in [6.07, 6.45) is 6.21. The largest absolute Gasteiger partial charge is 0.335 e. The van der Waals surface area contributed by atoms with Crippen LogP contribution in [0.2, 0.25) is 0 Å². The van der Waals surface area contributed by atoms with Crippen molar-refractivity contribution >= 4 is 11.7 Å². The molecule has 2 aromatic heterocycles. The van der Waals surface area contributed by atoms with Crippen molar-refractivity contribution in [1.82, 2.24) is 20.5 Å². The maximum atomic E-state index is 12.0. The fourth-order valence-corrected chi connectivity index (χ4v) is 2.52. The number of nitrogens with one attached hydrogen (secondary N) is 3. The number of pyridine rings is 1. The minimum Gasteiger partial charge on any atom is -0.335 e. The molecular weight excluding hydrogens is 254 g/mol. The summed E-state index contributed by atoms with van der Waals surface area (Å²) in [6, 6.07) is 3.60. The molecule has 104 valence electrons. The summed E-state index contributed by atoms with van der Waals surface area (Å²) in [4.78, 5) is 16.1. The number of carbonyl (C=O) groups excluding carboxylic acids is 1. The number of aryl methyl sites for hydroxylation is 2.